The van der Waals surface area contributed by atoms with Crippen LogP contribution >= 0.6 is 0 Å². The summed E-state index contributed by atoms with van der Waals surface area (Å²) in [6.45, 7) is 5.28. The smallest absolute Gasteiger partial charge is 0.233 e. The normalized spacial score (nSPS) is 23.0. The number of piperidine rings is 1. The highest BCUT2D eigenvalue weighted by atomic mass is 16.5. The summed E-state index contributed by atoms with van der Waals surface area (Å²) in [7, 11) is 1.70. The molecule has 1 atom stereocenters. The molecule has 0 spiro atoms. The van der Waals surface area contributed by atoms with Gasteiger partial charge in [-0.2, -0.15) is 0 Å². The Balaban J connectivity index is 1.53. The van der Waals surface area contributed by atoms with Gasteiger partial charge in [0.05, 0.1) is 24.6 Å². The first-order chi connectivity index (χ1) is 14.2. The Morgan fingerprint density at radius 2 is 2.03 bits per heavy atom. The van der Waals surface area contributed by atoms with Crippen LogP contribution in [0.1, 0.15) is 24.2 Å². The Bertz CT molecular complexity index is 827. The van der Waals surface area contributed by atoms with Crippen LogP contribution in [0.5, 0.6) is 0 Å². The fraction of sp³-hybridized carbons (Fsp3) is 0.524. The topological polar surface area (TPSA) is 83.5 Å². The van der Waals surface area contributed by atoms with Gasteiger partial charge in [0.1, 0.15) is 5.41 Å². The van der Waals surface area contributed by atoms with Crippen molar-refractivity contribution in [2.45, 2.75) is 24.8 Å². The SMILES string of the molecule is CNC(=O)C1(c2ccccn2)CCCN(Cc2ccnc(N3CCOCC3)n2)C1. The number of carbonyl (C=O) groups excluding carboxylic acids is 1. The molecule has 2 aliphatic rings. The second-order valence-electron chi connectivity index (χ2n) is 7.64. The number of anilines is 1. The van der Waals surface area contributed by atoms with Crippen LogP contribution in [0, 0.1) is 0 Å². The maximum atomic E-state index is 12.9. The van der Waals surface area contributed by atoms with Crippen molar-refractivity contribution in [1.82, 2.24) is 25.2 Å². The molecule has 0 bridgehead atoms. The molecule has 4 rings (SSSR count). The molecule has 2 aromatic heterocycles. The number of aromatic nitrogens is 3. The quantitative estimate of drug-likeness (QED) is 0.807. The van der Waals surface area contributed by atoms with E-state index in [-0.39, 0.29) is 5.91 Å². The third-order valence-electron chi connectivity index (χ3n) is 5.77. The Morgan fingerprint density at radius 1 is 1.17 bits per heavy atom. The Labute approximate surface area is 171 Å². The summed E-state index contributed by atoms with van der Waals surface area (Å²) in [4.78, 5) is 31.1. The number of likely N-dealkylation sites (tertiary alicyclic amines) is 1. The molecule has 1 N–H and O–H groups in total. The molecule has 2 saturated heterocycles. The summed E-state index contributed by atoms with van der Waals surface area (Å²) in [5.74, 6) is 0.780. The largest absolute Gasteiger partial charge is 0.378 e. The number of rotatable bonds is 5. The van der Waals surface area contributed by atoms with Crippen molar-refractivity contribution < 1.29 is 9.53 Å². The Hall–Kier alpha value is -2.58. The molecule has 1 amide bonds. The molecule has 2 aromatic rings. The Morgan fingerprint density at radius 3 is 2.79 bits per heavy atom. The number of morpholine rings is 1. The van der Waals surface area contributed by atoms with Crippen LogP contribution in [0.15, 0.2) is 36.7 Å². The number of hydrogen-bond donors (Lipinski definition) is 1. The van der Waals surface area contributed by atoms with Crippen molar-refractivity contribution in [3.63, 3.8) is 0 Å². The van der Waals surface area contributed by atoms with E-state index in [4.69, 9.17) is 9.72 Å². The predicted octanol–water partition coefficient (Wildman–Crippen LogP) is 0.988. The van der Waals surface area contributed by atoms with Crippen molar-refractivity contribution in [3.8, 4) is 0 Å². The first-order valence-electron chi connectivity index (χ1n) is 10.2. The zero-order valence-corrected chi connectivity index (χ0v) is 16.9. The summed E-state index contributed by atoms with van der Waals surface area (Å²) in [5.41, 5.74) is 1.17. The molecule has 2 fully saturated rings. The van der Waals surface area contributed by atoms with Gasteiger partial charge in [-0.05, 0) is 37.6 Å². The van der Waals surface area contributed by atoms with Crippen molar-refractivity contribution in [2.24, 2.45) is 0 Å². The summed E-state index contributed by atoms with van der Waals surface area (Å²) < 4.78 is 5.42. The minimum atomic E-state index is -0.631. The van der Waals surface area contributed by atoms with Gasteiger partial charge in [0.2, 0.25) is 11.9 Å². The van der Waals surface area contributed by atoms with Crippen LogP contribution in [0.4, 0.5) is 5.95 Å². The lowest BCUT2D eigenvalue weighted by Crippen LogP contribution is -2.54. The number of hydrogen-bond acceptors (Lipinski definition) is 7. The van der Waals surface area contributed by atoms with E-state index in [1.54, 1.807) is 13.2 Å². The van der Waals surface area contributed by atoms with E-state index in [1.807, 2.05) is 30.5 Å². The van der Waals surface area contributed by atoms with Gasteiger partial charge < -0.3 is 15.0 Å². The first kappa shape index (κ1) is 19.7. The molecule has 4 heterocycles. The molecular weight excluding hydrogens is 368 g/mol. The van der Waals surface area contributed by atoms with E-state index >= 15 is 0 Å². The van der Waals surface area contributed by atoms with Gasteiger partial charge >= 0.3 is 0 Å². The zero-order chi connectivity index (χ0) is 20.1. The third kappa shape index (κ3) is 4.23. The molecule has 0 aliphatic carbocycles. The maximum absolute atomic E-state index is 12.9. The molecule has 29 heavy (non-hydrogen) atoms. The van der Waals surface area contributed by atoms with E-state index in [2.05, 4.69) is 25.1 Å². The lowest BCUT2D eigenvalue weighted by Gasteiger charge is -2.41. The monoisotopic (exact) mass is 396 g/mol. The number of likely N-dealkylation sites (N-methyl/N-ethyl adjacent to an activating group) is 1. The molecule has 154 valence electrons. The number of ether oxygens (including phenoxy) is 1. The minimum absolute atomic E-state index is 0.0255. The van der Waals surface area contributed by atoms with Gasteiger partial charge in [-0.25, -0.2) is 9.97 Å². The molecule has 0 saturated carbocycles. The van der Waals surface area contributed by atoms with E-state index in [0.29, 0.717) is 26.3 Å². The molecular formula is C21H28N6O2. The third-order valence-corrected chi connectivity index (χ3v) is 5.77. The van der Waals surface area contributed by atoms with E-state index in [9.17, 15) is 4.79 Å². The van der Waals surface area contributed by atoms with Gasteiger partial charge in [-0.15, -0.1) is 0 Å². The maximum Gasteiger partial charge on any atom is 0.233 e. The second-order valence-corrected chi connectivity index (χ2v) is 7.64. The number of nitrogens with one attached hydrogen (secondary N) is 1. The zero-order valence-electron chi connectivity index (χ0n) is 16.9. The number of amides is 1. The van der Waals surface area contributed by atoms with Gasteiger partial charge in [-0.1, -0.05) is 6.07 Å². The van der Waals surface area contributed by atoms with Crippen molar-refractivity contribution in [2.75, 3.05) is 51.3 Å². The number of carbonyl (C=O) groups is 1. The fourth-order valence-electron chi connectivity index (χ4n) is 4.29. The van der Waals surface area contributed by atoms with Crippen molar-refractivity contribution in [1.29, 1.82) is 0 Å². The van der Waals surface area contributed by atoms with Crippen LogP contribution in [0.3, 0.4) is 0 Å². The second kappa shape index (κ2) is 8.84. The summed E-state index contributed by atoms with van der Waals surface area (Å²) >= 11 is 0. The van der Waals surface area contributed by atoms with E-state index in [0.717, 1.165) is 49.8 Å². The number of nitrogens with zero attached hydrogens (tertiary/aromatic N) is 5. The average Bonchev–Trinajstić information content (AvgIpc) is 2.80. The lowest BCUT2D eigenvalue weighted by molar-refractivity contribution is -0.128. The van der Waals surface area contributed by atoms with Gasteiger partial charge in [0, 0.05) is 45.6 Å². The van der Waals surface area contributed by atoms with Gasteiger partial charge in [-0.3, -0.25) is 14.7 Å². The lowest BCUT2D eigenvalue weighted by atomic mass is 9.75. The van der Waals surface area contributed by atoms with Gasteiger partial charge in [0.15, 0.2) is 0 Å². The average molecular weight is 396 g/mol. The summed E-state index contributed by atoms with van der Waals surface area (Å²) in [5, 5.41) is 2.86. The fourth-order valence-corrected chi connectivity index (χ4v) is 4.29. The highest BCUT2D eigenvalue weighted by molar-refractivity contribution is 5.88. The standard InChI is InChI=1S/C21H28N6O2/c1-22-19(28)21(18-5-2-3-8-23-18)7-4-10-26(16-21)15-17-6-9-24-20(25-17)27-11-13-29-14-12-27/h2-3,5-6,8-9H,4,7,10-16H2,1H3,(H,22,28). The molecule has 0 radical (unpaired) electrons. The first-order valence-corrected chi connectivity index (χ1v) is 10.2. The summed E-state index contributed by atoms with van der Waals surface area (Å²) in [6.07, 6.45) is 5.31. The van der Waals surface area contributed by atoms with Crippen LogP contribution < -0.4 is 10.2 Å². The van der Waals surface area contributed by atoms with Crippen molar-refractivity contribution in [3.05, 3.63) is 48.0 Å². The number of pyridine rings is 1. The Kier molecular flexibility index (Phi) is 6.01. The molecule has 1 unspecified atom stereocenters. The van der Waals surface area contributed by atoms with E-state index < -0.39 is 5.41 Å². The van der Waals surface area contributed by atoms with E-state index in [1.165, 1.54) is 0 Å². The highest BCUT2D eigenvalue weighted by Gasteiger charge is 2.44. The molecule has 8 nitrogen and oxygen atoms in total. The van der Waals surface area contributed by atoms with Gasteiger partial charge in [0.25, 0.3) is 0 Å². The predicted molar refractivity (Wildman–Crippen MR) is 110 cm³/mol. The van der Waals surface area contributed by atoms with Crippen LogP contribution in [-0.4, -0.2) is 72.2 Å². The minimum Gasteiger partial charge on any atom is -0.378 e. The van der Waals surface area contributed by atoms with Crippen molar-refractivity contribution >= 4 is 11.9 Å². The molecule has 8 heteroatoms. The van der Waals surface area contributed by atoms with Crippen LogP contribution in [0.25, 0.3) is 0 Å². The highest BCUT2D eigenvalue weighted by Crippen LogP contribution is 2.34. The summed E-state index contributed by atoms with van der Waals surface area (Å²) in [6, 6.07) is 7.75. The van der Waals surface area contributed by atoms with Crippen LogP contribution in [0.2, 0.25) is 0 Å². The molecule has 2 aliphatic heterocycles. The molecule has 0 aromatic carbocycles. The van der Waals surface area contributed by atoms with Crippen LogP contribution in [-0.2, 0) is 21.5 Å².